The normalized spacial score (nSPS) is 18.6. The van der Waals surface area contributed by atoms with Crippen molar-refractivity contribution in [2.45, 2.75) is 96.8 Å². The molecule has 0 unspecified atom stereocenters. The second-order valence-electron chi connectivity index (χ2n) is 9.33. The second kappa shape index (κ2) is 12.7. The highest BCUT2D eigenvalue weighted by molar-refractivity contribution is 5.91. The van der Waals surface area contributed by atoms with Crippen molar-refractivity contribution in [3.63, 3.8) is 0 Å². The fourth-order valence-electron chi connectivity index (χ4n) is 4.91. The summed E-state index contributed by atoms with van der Waals surface area (Å²) in [7, 11) is 0. The number of hydrogen-bond donors (Lipinski definition) is 0. The lowest BCUT2D eigenvalue weighted by Crippen LogP contribution is -2.13. The van der Waals surface area contributed by atoms with Crippen LogP contribution in [0.25, 0.3) is 0 Å². The molecule has 31 heavy (non-hydrogen) atoms. The quantitative estimate of drug-likeness (QED) is 0.207. The number of unbranched alkanes of at least 4 members (excludes halogenated alkanes) is 4. The van der Waals surface area contributed by atoms with Crippen LogP contribution in [0.5, 0.6) is 5.75 Å². The van der Waals surface area contributed by atoms with Gasteiger partial charge >= 0.3 is 5.97 Å². The first-order valence-corrected chi connectivity index (χ1v) is 12.6. The monoisotopic (exact) mass is 420 g/mol. The Labute approximate surface area is 189 Å². The summed E-state index contributed by atoms with van der Waals surface area (Å²) >= 11 is 0. The number of rotatable bonds is 11. The van der Waals surface area contributed by atoms with Crippen LogP contribution in [-0.2, 0) is 6.42 Å². The summed E-state index contributed by atoms with van der Waals surface area (Å²) in [6, 6.07) is 16.1. The van der Waals surface area contributed by atoms with Gasteiger partial charge in [0.05, 0.1) is 5.56 Å². The lowest BCUT2D eigenvalue weighted by Gasteiger charge is -2.28. The van der Waals surface area contributed by atoms with Gasteiger partial charge in [-0.1, -0.05) is 76.6 Å². The third kappa shape index (κ3) is 7.52. The van der Waals surface area contributed by atoms with Crippen molar-refractivity contribution in [1.82, 2.24) is 0 Å². The molecule has 3 rings (SSSR count). The van der Waals surface area contributed by atoms with E-state index in [0.717, 1.165) is 12.3 Å². The Morgan fingerprint density at radius 2 is 1.48 bits per heavy atom. The molecule has 0 bridgehead atoms. The predicted octanol–water partition coefficient (Wildman–Crippen LogP) is 8.49. The van der Waals surface area contributed by atoms with Gasteiger partial charge in [-0.15, -0.1) is 0 Å². The van der Waals surface area contributed by atoms with Crippen LogP contribution >= 0.6 is 0 Å². The van der Waals surface area contributed by atoms with E-state index in [1.165, 1.54) is 81.8 Å². The highest BCUT2D eigenvalue weighted by Crippen LogP contribution is 2.37. The first-order chi connectivity index (χ1) is 15.2. The van der Waals surface area contributed by atoms with Crippen molar-refractivity contribution in [3.05, 3.63) is 65.2 Å². The van der Waals surface area contributed by atoms with Gasteiger partial charge < -0.3 is 4.74 Å². The van der Waals surface area contributed by atoms with Crippen LogP contribution in [-0.4, -0.2) is 5.97 Å². The van der Waals surface area contributed by atoms with E-state index in [4.69, 9.17) is 4.74 Å². The Balaban J connectivity index is 1.46. The van der Waals surface area contributed by atoms with Crippen molar-refractivity contribution in [3.8, 4) is 5.75 Å². The number of benzene rings is 2. The molecule has 1 saturated carbocycles. The molecule has 2 nitrogen and oxygen atoms in total. The van der Waals surface area contributed by atoms with E-state index in [1.807, 2.05) is 24.3 Å². The van der Waals surface area contributed by atoms with E-state index in [2.05, 4.69) is 38.1 Å². The molecule has 0 atom stereocenters. The summed E-state index contributed by atoms with van der Waals surface area (Å²) in [6.45, 7) is 4.53. The molecule has 0 amide bonds. The van der Waals surface area contributed by atoms with Gasteiger partial charge in [0.1, 0.15) is 5.75 Å². The molecule has 0 N–H and O–H groups in total. The van der Waals surface area contributed by atoms with E-state index >= 15 is 0 Å². The van der Waals surface area contributed by atoms with Crippen molar-refractivity contribution in [1.29, 1.82) is 0 Å². The molecule has 0 saturated heterocycles. The Morgan fingerprint density at radius 1 is 0.806 bits per heavy atom. The molecule has 0 aromatic heterocycles. The van der Waals surface area contributed by atoms with Crippen LogP contribution in [0.15, 0.2) is 48.5 Å². The molecule has 0 heterocycles. The van der Waals surface area contributed by atoms with Gasteiger partial charge in [-0.3, -0.25) is 0 Å². The number of aryl methyl sites for hydroxylation is 1. The fourth-order valence-corrected chi connectivity index (χ4v) is 4.91. The number of esters is 1. The maximum Gasteiger partial charge on any atom is 0.343 e. The Kier molecular flexibility index (Phi) is 9.65. The molecular formula is C29H40O2. The summed E-state index contributed by atoms with van der Waals surface area (Å²) in [5, 5.41) is 0. The Hall–Kier alpha value is -2.09. The maximum absolute atomic E-state index is 12.5. The average molecular weight is 421 g/mol. The standard InChI is InChI=1S/C29H40O2/c1-3-5-6-7-8-10-24-13-17-27(18-14-24)29(30)31-28-21-19-26(20-22-28)25-15-11-23(9-4-2)12-16-25/h13-14,17-23,25H,3-12,15-16H2,1-2H3. The van der Waals surface area contributed by atoms with Gasteiger partial charge in [0.15, 0.2) is 0 Å². The molecule has 0 spiro atoms. The average Bonchev–Trinajstić information content (AvgIpc) is 2.81. The largest absolute Gasteiger partial charge is 0.423 e. The van der Waals surface area contributed by atoms with Crippen molar-refractivity contribution >= 4 is 5.97 Å². The first kappa shape index (κ1) is 23.6. The first-order valence-electron chi connectivity index (χ1n) is 12.6. The number of ether oxygens (including phenoxy) is 1. The van der Waals surface area contributed by atoms with Crippen LogP contribution in [0, 0.1) is 5.92 Å². The number of carbonyl (C=O) groups excluding carboxylic acids is 1. The van der Waals surface area contributed by atoms with E-state index in [9.17, 15) is 4.79 Å². The topological polar surface area (TPSA) is 26.3 Å². The zero-order valence-corrected chi connectivity index (χ0v) is 19.6. The van der Waals surface area contributed by atoms with Crippen LogP contribution < -0.4 is 4.74 Å². The minimum atomic E-state index is -0.276. The van der Waals surface area contributed by atoms with E-state index < -0.39 is 0 Å². The maximum atomic E-state index is 12.5. The van der Waals surface area contributed by atoms with Crippen LogP contribution in [0.4, 0.5) is 0 Å². The molecule has 2 heteroatoms. The van der Waals surface area contributed by atoms with Crippen molar-refractivity contribution in [2.24, 2.45) is 5.92 Å². The summed E-state index contributed by atoms with van der Waals surface area (Å²) < 4.78 is 5.62. The Morgan fingerprint density at radius 3 is 2.13 bits per heavy atom. The number of carbonyl (C=O) groups is 1. The summed E-state index contributed by atoms with van der Waals surface area (Å²) in [5.74, 6) is 1.94. The molecule has 1 fully saturated rings. The van der Waals surface area contributed by atoms with Gasteiger partial charge in [0, 0.05) is 0 Å². The van der Waals surface area contributed by atoms with Gasteiger partial charge in [-0.05, 0) is 85.8 Å². The molecule has 0 radical (unpaired) electrons. The third-order valence-corrected chi connectivity index (χ3v) is 6.86. The van der Waals surface area contributed by atoms with Crippen LogP contribution in [0.2, 0.25) is 0 Å². The third-order valence-electron chi connectivity index (χ3n) is 6.86. The predicted molar refractivity (Wildman–Crippen MR) is 130 cm³/mol. The minimum absolute atomic E-state index is 0.276. The highest BCUT2D eigenvalue weighted by atomic mass is 16.5. The lowest BCUT2D eigenvalue weighted by atomic mass is 9.77. The zero-order valence-electron chi connectivity index (χ0n) is 19.6. The molecule has 1 aliphatic rings. The zero-order chi connectivity index (χ0) is 21.9. The SMILES string of the molecule is CCCCCCCc1ccc(C(=O)Oc2ccc(C3CCC(CCC)CC3)cc2)cc1. The summed E-state index contributed by atoms with van der Waals surface area (Å²) in [6.07, 6.45) is 15.5. The molecular weight excluding hydrogens is 380 g/mol. The molecule has 2 aromatic rings. The van der Waals surface area contributed by atoms with Gasteiger partial charge in [0.25, 0.3) is 0 Å². The highest BCUT2D eigenvalue weighted by Gasteiger charge is 2.21. The molecule has 2 aromatic carbocycles. The van der Waals surface area contributed by atoms with E-state index in [0.29, 0.717) is 17.2 Å². The van der Waals surface area contributed by atoms with E-state index in [-0.39, 0.29) is 5.97 Å². The summed E-state index contributed by atoms with van der Waals surface area (Å²) in [4.78, 5) is 12.5. The van der Waals surface area contributed by atoms with Gasteiger partial charge in [-0.2, -0.15) is 0 Å². The van der Waals surface area contributed by atoms with Crippen LogP contribution in [0.3, 0.4) is 0 Å². The molecule has 168 valence electrons. The van der Waals surface area contributed by atoms with E-state index in [1.54, 1.807) is 0 Å². The van der Waals surface area contributed by atoms with Gasteiger partial charge in [0.2, 0.25) is 0 Å². The fraction of sp³-hybridized carbons (Fsp3) is 0.552. The van der Waals surface area contributed by atoms with Crippen molar-refractivity contribution < 1.29 is 9.53 Å². The van der Waals surface area contributed by atoms with Gasteiger partial charge in [-0.25, -0.2) is 4.79 Å². The summed E-state index contributed by atoms with van der Waals surface area (Å²) in [5.41, 5.74) is 3.30. The van der Waals surface area contributed by atoms with Crippen LogP contribution in [0.1, 0.15) is 112 Å². The molecule has 1 aliphatic carbocycles. The van der Waals surface area contributed by atoms with Crippen molar-refractivity contribution in [2.75, 3.05) is 0 Å². The number of hydrogen-bond acceptors (Lipinski definition) is 2. The smallest absolute Gasteiger partial charge is 0.343 e. The second-order valence-corrected chi connectivity index (χ2v) is 9.33. The Bertz CT molecular complexity index is 767. The molecule has 0 aliphatic heterocycles. The minimum Gasteiger partial charge on any atom is -0.423 e. The lowest BCUT2D eigenvalue weighted by molar-refractivity contribution is 0.0734.